The molecule has 76 heavy (non-hydrogen) atoms. The lowest BCUT2D eigenvalue weighted by molar-refractivity contribution is -0.187. The number of anilines is 1. The number of aromatic carboxylic acids is 1. The van der Waals surface area contributed by atoms with E-state index in [4.69, 9.17) is 58.3 Å². The Balaban J connectivity index is 0.00000166. The van der Waals surface area contributed by atoms with Crippen LogP contribution >= 0.6 is 0 Å². The maximum Gasteiger partial charge on any atom is 0.336 e. The fourth-order valence-electron chi connectivity index (χ4n) is 6.70. The first-order valence-corrected chi connectivity index (χ1v) is 28.2. The minimum atomic E-state index is -5.37. The Bertz CT molecular complexity index is 2940. The lowest BCUT2D eigenvalue weighted by Crippen LogP contribution is -2.29. The number of nitrogens with one attached hydrogen (secondary N) is 2. The highest BCUT2D eigenvalue weighted by atomic mass is 32.2. The van der Waals surface area contributed by atoms with Crippen LogP contribution in [0.5, 0.6) is 0 Å². The molecule has 0 saturated carbocycles. The first kappa shape index (κ1) is 63.0. The molecule has 3 aliphatic rings. The van der Waals surface area contributed by atoms with E-state index in [1.165, 1.54) is 56.6 Å². The number of carboxylic acids is 1. The van der Waals surface area contributed by atoms with Gasteiger partial charge in [0.25, 0.3) is 5.91 Å². The van der Waals surface area contributed by atoms with Crippen molar-refractivity contribution in [1.29, 1.82) is 5.41 Å². The normalized spacial score (nSPS) is 13.2. The number of ether oxygens (including phenoxy) is 8. The number of carboxylic acid groups (broad SMARTS) is 1. The van der Waals surface area contributed by atoms with Gasteiger partial charge in [-0.05, 0) is 42.3 Å². The van der Waals surface area contributed by atoms with Crippen molar-refractivity contribution < 1.29 is 96.4 Å². The van der Waals surface area contributed by atoms with E-state index in [9.17, 15) is 49.3 Å². The predicted molar refractivity (Wildman–Crippen MR) is 270 cm³/mol. The fraction of sp³-hybridized carbons (Fsp3) is 0.489. The largest absolute Gasteiger partial charge is 0.744 e. The number of carbonyl (C=O) groups is 3. The average Bonchev–Trinajstić information content (AvgIpc) is 3.66. The topological polar surface area (TPSA) is 362 Å². The zero-order chi connectivity index (χ0) is 55.9. The maximum atomic E-state index is 13.8. The third kappa shape index (κ3) is 19.8. The molecule has 0 atom stereocenters. The highest BCUT2D eigenvalue weighted by molar-refractivity contribution is 7.90. The number of hydrogen-bond donors (Lipinski definition) is 4. The molecule has 1 amide bonds. The van der Waals surface area contributed by atoms with Gasteiger partial charge in [0, 0.05) is 43.6 Å². The highest BCUT2D eigenvalue weighted by Crippen LogP contribution is 2.45. The molecule has 1 fully saturated rings. The van der Waals surface area contributed by atoms with Crippen LogP contribution in [0.2, 0.25) is 0 Å². The molecule has 2 aliphatic heterocycles. The molecule has 5 N–H and O–H groups in total. The molecule has 29 heteroatoms. The molecular weight excluding hydrogens is 1070 g/mol. The molecule has 2 heterocycles. The molecule has 1 saturated heterocycles. The molecule has 5 rings (SSSR count). The van der Waals surface area contributed by atoms with Gasteiger partial charge in [-0.25, -0.2) is 43.9 Å². The first-order chi connectivity index (χ1) is 36.1. The summed E-state index contributed by atoms with van der Waals surface area (Å²) in [6.07, 6.45) is 1.91. The third-order valence-corrected chi connectivity index (χ3v) is 14.3. The van der Waals surface area contributed by atoms with Crippen LogP contribution in [-0.2, 0) is 82.5 Å². The van der Waals surface area contributed by atoms with Crippen molar-refractivity contribution in [3.63, 3.8) is 0 Å². The second kappa shape index (κ2) is 31.0. The maximum absolute atomic E-state index is 13.8. The molecule has 2 aromatic carbocycles. The third-order valence-electron chi connectivity index (χ3n) is 10.5. The van der Waals surface area contributed by atoms with Crippen molar-refractivity contribution >= 4 is 64.7 Å². The van der Waals surface area contributed by atoms with E-state index in [0.29, 0.717) is 78.2 Å². The minimum absolute atomic E-state index is 0.000818. The van der Waals surface area contributed by atoms with Crippen molar-refractivity contribution in [3.8, 4) is 22.5 Å². The highest BCUT2D eigenvalue weighted by Gasteiger charge is 2.31. The van der Waals surface area contributed by atoms with Crippen molar-refractivity contribution in [2.24, 2.45) is 0 Å². The summed E-state index contributed by atoms with van der Waals surface area (Å²) < 4.78 is 138. The molecular formula is C47H64N5O21S3-. The summed E-state index contributed by atoms with van der Waals surface area (Å²) in [7, 11) is -9.82. The number of hydrogen-bond acceptors (Lipinski definition) is 22. The Morgan fingerprint density at radius 1 is 0.737 bits per heavy atom. The van der Waals surface area contributed by atoms with E-state index in [1.54, 1.807) is 0 Å². The van der Waals surface area contributed by atoms with Crippen LogP contribution in [0.3, 0.4) is 0 Å². The van der Waals surface area contributed by atoms with Gasteiger partial charge >= 0.3 is 11.9 Å². The van der Waals surface area contributed by atoms with Crippen LogP contribution in [0.25, 0.3) is 33.4 Å². The van der Waals surface area contributed by atoms with E-state index < -0.39 is 68.6 Å². The SMILES string of the molecule is C=C1CCC(=O)N1OC(=O)CCOCCOCCOCCOCCOCCOCCOCCOCCNS(=O)(=O)c1c(N)ccc2c(-c3ccccc3C(=O)O)c3ccc(=N)c(S(=O)(=O)[O-])c-3oc12.CN(C)S(C)(=O)=O. The van der Waals surface area contributed by atoms with Gasteiger partial charge in [0.15, 0.2) is 11.3 Å². The second-order valence-corrected chi connectivity index (χ2v) is 21.5. The lowest BCUT2D eigenvalue weighted by Gasteiger charge is -2.21. The fourth-order valence-corrected chi connectivity index (χ4v) is 8.68. The monoisotopic (exact) mass is 1130 g/mol. The van der Waals surface area contributed by atoms with Crippen LogP contribution in [0.1, 0.15) is 29.6 Å². The van der Waals surface area contributed by atoms with Crippen LogP contribution in [0, 0.1) is 5.41 Å². The van der Waals surface area contributed by atoms with Gasteiger partial charge in [-0.15, -0.1) is 5.06 Å². The molecule has 1 aliphatic carbocycles. The van der Waals surface area contributed by atoms with E-state index in [2.05, 4.69) is 11.3 Å². The molecule has 0 spiro atoms. The average molecular weight is 1130 g/mol. The zero-order valence-electron chi connectivity index (χ0n) is 42.3. The predicted octanol–water partition coefficient (Wildman–Crippen LogP) is 1.77. The lowest BCUT2D eigenvalue weighted by atomic mass is 9.90. The Morgan fingerprint density at radius 3 is 1.68 bits per heavy atom. The number of rotatable bonds is 34. The molecule has 2 aromatic rings. The summed E-state index contributed by atoms with van der Waals surface area (Å²) in [5.41, 5.74) is 5.68. The number of sulfonamides is 2. The van der Waals surface area contributed by atoms with Crippen molar-refractivity contribution in [3.05, 3.63) is 71.7 Å². The summed E-state index contributed by atoms with van der Waals surface area (Å²) in [4.78, 5) is 39.0. The minimum Gasteiger partial charge on any atom is -0.744 e. The molecule has 0 unspecified atom stereocenters. The number of allylic oxidation sites excluding steroid dienone is 1. The molecule has 422 valence electrons. The van der Waals surface area contributed by atoms with Gasteiger partial charge in [-0.3, -0.25) is 10.2 Å². The Labute approximate surface area is 440 Å². The van der Waals surface area contributed by atoms with Gasteiger partial charge in [-0.2, -0.15) is 0 Å². The summed E-state index contributed by atoms with van der Waals surface area (Å²) in [6, 6.07) is 10.7. The van der Waals surface area contributed by atoms with Crippen molar-refractivity contribution in [2.45, 2.75) is 29.1 Å². The first-order valence-electron chi connectivity index (χ1n) is 23.4. The number of benzene rings is 3. The number of carbonyl (C=O) groups excluding carboxylic acids is 2. The Hall–Kier alpha value is -5.51. The number of nitrogen functional groups attached to an aromatic ring is 1. The van der Waals surface area contributed by atoms with E-state index >= 15 is 0 Å². The number of nitrogens with zero attached hydrogens (tertiary/aromatic N) is 2. The number of amides is 1. The zero-order valence-corrected chi connectivity index (χ0v) is 44.7. The van der Waals surface area contributed by atoms with Gasteiger partial charge in [0.05, 0.1) is 141 Å². The van der Waals surface area contributed by atoms with Crippen LogP contribution < -0.4 is 15.8 Å². The molecule has 0 radical (unpaired) electrons. The summed E-state index contributed by atoms with van der Waals surface area (Å²) >= 11 is 0. The van der Waals surface area contributed by atoms with E-state index in [-0.39, 0.29) is 98.3 Å². The van der Waals surface area contributed by atoms with Crippen LogP contribution in [0.4, 0.5) is 5.69 Å². The molecule has 0 bridgehead atoms. The summed E-state index contributed by atoms with van der Waals surface area (Å²) in [5.74, 6) is -2.84. The molecule has 26 nitrogen and oxygen atoms in total. The van der Waals surface area contributed by atoms with Crippen molar-refractivity contribution in [2.75, 3.05) is 138 Å². The van der Waals surface area contributed by atoms with Gasteiger partial charge < -0.3 is 62.5 Å². The molecule has 0 aromatic heterocycles. The standard InChI is InChI=1S/C44H56N4O19S2.C3H9NO2S/c1-30-6-11-37(49)48(30)67-38(50)12-14-58-16-18-60-20-22-62-24-26-64-28-29-65-27-25-63-23-21-61-19-17-59-15-13-47-68(53,54)42-35(45)9-7-33-39(31-4-2-3-5-32(31)44(51)52)34-8-10-36(46)43(69(55,56)57)41(34)66-40(33)42;1-4(2)7(3,5)6/h2-5,7-10,46-47H,1,6,11-29,45H2,(H,51,52)(H,55,56,57);1-3H3/p-1. The van der Waals surface area contributed by atoms with Crippen LogP contribution in [0.15, 0.2) is 75.0 Å². The Morgan fingerprint density at radius 2 is 1.22 bits per heavy atom. The number of nitrogens with two attached hydrogens (primary N) is 1. The van der Waals surface area contributed by atoms with Gasteiger partial charge in [0.1, 0.15) is 19.9 Å². The number of hydroxylamine groups is 2. The van der Waals surface area contributed by atoms with Gasteiger partial charge in [0.2, 0.25) is 20.0 Å². The van der Waals surface area contributed by atoms with Crippen LogP contribution in [-0.4, -0.2) is 195 Å². The van der Waals surface area contributed by atoms with E-state index in [0.717, 1.165) is 21.7 Å². The summed E-state index contributed by atoms with van der Waals surface area (Å²) in [5, 5.41) is 18.4. The van der Waals surface area contributed by atoms with Crippen molar-refractivity contribution in [1.82, 2.24) is 14.1 Å². The number of fused-ring (bicyclic) bond motifs is 2. The Kier molecular flexibility index (Phi) is 25.7. The second-order valence-electron chi connectivity index (χ2n) is 16.3. The smallest absolute Gasteiger partial charge is 0.336 e. The quantitative estimate of drug-likeness (QED) is 0.0224. The van der Waals surface area contributed by atoms with Gasteiger partial charge in [-0.1, -0.05) is 24.8 Å². The summed E-state index contributed by atoms with van der Waals surface area (Å²) in [6.45, 7) is 7.93. The van der Waals surface area contributed by atoms with E-state index in [1.807, 2.05) is 0 Å².